The number of amides is 1. The summed E-state index contributed by atoms with van der Waals surface area (Å²) in [5, 5.41) is 0. The molecule has 1 saturated heterocycles. The van der Waals surface area contributed by atoms with Gasteiger partial charge in [-0.3, -0.25) is 4.79 Å². The maximum atomic E-state index is 11.8. The van der Waals surface area contributed by atoms with Gasteiger partial charge in [0.25, 0.3) is 0 Å². The molecule has 0 N–H and O–H groups in total. The molecule has 0 atom stereocenters. The van der Waals surface area contributed by atoms with Gasteiger partial charge in [-0.1, -0.05) is 12.1 Å². The molecule has 2 aromatic rings. The minimum atomic E-state index is 0.182. The minimum Gasteiger partial charge on any atom is -0.496 e. The second-order valence-corrected chi connectivity index (χ2v) is 6.26. The van der Waals surface area contributed by atoms with E-state index in [1.54, 1.807) is 7.11 Å². The topological polar surface area (TPSA) is 38.8 Å². The number of anilines is 1. The van der Waals surface area contributed by atoms with Gasteiger partial charge < -0.3 is 14.4 Å². The van der Waals surface area contributed by atoms with Crippen molar-refractivity contribution < 1.29 is 14.3 Å². The van der Waals surface area contributed by atoms with Crippen molar-refractivity contribution in [2.24, 2.45) is 0 Å². The Labute approximate surface area is 144 Å². The number of methoxy groups -OCH3 is 1. The average Bonchev–Trinajstić information content (AvgIpc) is 2.99. The van der Waals surface area contributed by atoms with E-state index in [-0.39, 0.29) is 5.91 Å². The predicted molar refractivity (Wildman–Crippen MR) is 93.1 cm³/mol. The predicted octanol–water partition coefficient (Wildman–Crippen LogP) is 4.16. The van der Waals surface area contributed by atoms with Crippen molar-refractivity contribution in [3.05, 3.63) is 52.5 Å². The van der Waals surface area contributed by atoms with Gasteiger partial charge in [0.2, 0.25) is 5.91 Å². The Bertz CT molecular complexity index is 717. The Morgan fingerprint density at radius 2 is 2.09 bits per heavy atom. The molecule has 1 aliphatic rings. The van der Waals surface area contributed by atoms with Crippen LogP contribution in [0.5, 0.6) is 11.5 Å². The Kier molecular flexibility index (Phi) is 4.86. The van der Waals surface area contributed by atoms with E-state index in [2.05, 4.69) is 15.9 Å². The van der Waals surface area contributed by atoms with Gasteiger partial charge in [0.15, 0.2) is 0 Å². The molecule has 0 bridgehead atoms. The summed E-state index contributed by atoms with van der Waals surface area (Å²) in [5.74, 6) is 1.73. The van der Waals surface area contributed by atoms with Crippen molar-refractivity contribution >= 4 is 27.5 Å². The summed E-state index contributed by atoms with van der Waals surface area (Å²) in [6.45, 7) is 1.24. The van der Waals surface area contributed by atoms with Gasteiger partial charge in [-0.25, -0.2) is 0 Å². The largest absolute Gasteiger partial charge is 0.496 e. The van der Waals surface area contributed by atoms with E-state index >= 15 is 0 Å². The van der Waals surface area contributed by atoms with Crippen LogP contribution in [0.25, 0.3) is 0 Å². The lowest BCUT2D eigenvalue weighted by Gasteiger charge is -2.17. The summed E-state index contributed by atoms with van der Waals surface area (Å²) < 4.78 is 12.0. The highest BCUT2D eigenvalue weighted by molar-refractivity contribution is 9.10. The number of hydrogen-bond donors (Lipinski definition) is 0. The van der Waals surface area contributed by atoms with Crippen molar-refractivity contribution in [1.82, 2.24) is 0 Å². The quantitative estimate of drug-likeness (QED) is 0.787. The molecule has 1 aliphatic heterocycles. The molecule has 1 amide bonds. The lowest BCUT2D eigenvalue weighted by Crippen LogP contribution is -2.23. The SMILES string of the molecule is COc1ccc(COc2cccc(N3CCCC3=O)c2)cc1Br. The molecule has 5 heteroatoms. The molecule has 0 saturated carbocycles. The number of benzene rings is 2. The van der Waals surface area contributed by atoms with Crippen molar-refractivity contribution in [3.63, 3.8) is 0 Å². The van der Waals surface area contributed by atoms with Crippen molar-refractivity contribution in [1.29, 1.82) is 0 Å². The highest BCUT2D eigenvalue weighted by atomic mass is 79.9. The van der Waals surface area contributed by atoms with Crippen LogP contribution < -0.4 is 14.4 Å². The number of carbonyl (C=O) groups is 1. The third-order valence-electron chi connectivity index (χ3n) is 3.82. The Morgan fingerprint density at radius 3 is 2.78 bits per heavy atom. The summed E-state index contributed by atoms with van der Waals surface area (Å²) in [6.07, 6.45) is 1.55. The van der Waals surface area contributed by atoms with E-state index in [1.807, 2.05) is 47.4 Å². The van der Waals surface area contributed by atoms with E-state index in [0.717, 1.165) is 40.2 Å². The normalized spacial score (nSPS) is 14.2. The zero-order valence-corrected chi connectivity index (χ0v) is 14.5. The van der Waals surface area contributed by atoms with Crippen LogP contribution in [0.3, 0.4) is 0 Å². The van der Waals surface area contributed by atoms with Crippen LogP contribution in [0.1, 0.15) is 18.4 Å². The first kappa shape index (κ1) is 15.9. The summed E-state index contributed by atoms with van der Waals surface area (Å²) in [4.78, 5) is 13.6. The third kappa shape index (κ3) is 3.67. The van der Waals surface area contributed by atoms with Crippen LogP contribution in [0, 0.1) is 0 Å². The summed E-state index contributed by atoms with van der Waals surface area (Å²) >= 11 is 3.47. The Balaban J connectivity index is 1.69. The fourth-order valence-corrected chi connectivity index (χ4v) is 3.22. The van der Waals surface area contributed by atoms with Gasteiger partial charge in [-0.15, -0.1) is 0 Å². The van der Waals surface area contributed by atoms with Crippen molar-refractivity contribution in [2.75, 3.05) is 18.6 Å². The molecule has 0 unspecified atom stereocenters. The van der Waals surface area contributed by atoms with Gasteiger partial charge in [-0.05, 0) is 52.2 Å². The number of nitrogens with zero attached hydrogens (tertiary/aromatic N) is 1. The third-order valence-corrected chi connectivity index (χ3v) is 4.44. The van der Waals surface area contributed by atoms with Gasteiger partial charge in [0, 0.05) is 24.7 Å². The number of ether oxygens (including phenoxy) is 2. The first-order valence-electron chi connectivity index (χ1n) is 7.53. The smallest absolute Gasteiger partial charge is 0.227 e. The first-order chi connectivity index (χ1) is 11.2. The van der Waals surface area contributed by atoms with Gasteiger partial charge in [0.1, 0.15) is 18.1 Å². The second-order valence-electron chi connectivity index (χ2n) is 5.40. The molecule has 0 radical (unpaired) electrons. The maximum Gasteiger partial charge on any atom is 0.227 e. The first-order valence-corrected chi connectivity index (χ1v) is 8.32. The fraction of sp³-hybridized carbons (Fsp3) is 0.278. The molecule has 3 rings (SSSR count). The second kappa shape index (κ2) is 7.04. The number of carbonyl (C=O) groups excluding carboxylic acids is 1. The van der Waals surface area contributed by atoms with E-state index in [1.165, 1.54) is 0 Å². The zero-order chi connectivity index (χ0) is 16.2. The Morgan fingerprint density at radius 1 is 1.22 bits per heavy atom. The Hall–Kier alpha value is -2.01. The number of halogens is 1. The summed E-state index contributed by atoms with van der Waals surface area (Å²) in [7, 11) is 1.64. The lowest BCUT2D eigenvalue weighted by molar-refractivity contribution is -0.117. The molecule has 23 heavy (non-hydrogen) atoms. The average molecular weight is 376 g/mol. The zero-order valence-electron chi connectivity index (χ0n) is 12.9. The van der Waals surface area contributed by atoms with E-state index in [9.17, 15) is 4.79 Å². The van der Waals surface area contributed by atoms with E-state index in [0.29, 0.717) is 13.0 Å². The van der Waals surface area contributed by atoms with Gasteiger partial charge >= 0.3 is 0 Å². The monoisotopic (exact) mass is 375 g/mol. The van der Waals surface area contributed by atoms with Crippen LogP contribution in [-0.4, -0.2) is 19.6 Å². The van der Waals surface area contributed by atoms with Crippen molar-refractivity contribution in [3.8, 4) is 11.5 Å². The number of rotatable bonds is 5. The van der Waals surface area contributed by atoms with Crippen molar-refractivity contribution in [2.45, 2.75) is 19.4 Å². The van der Waals surface area contributed by atoms with Crippen LogP contribution in [-0.2, 0) is 11.4 Å². The molecule has 120 valence electrons. The van der Waals surface area contributed by atoms with Crippen LogP contribution in [0.2, 0.25) is 0 Å². The van der Waals surface area contributed by atoms with Gasteiger partial charge in [-0.2, -0.15) is 0 Å². The lowest BCUT2D eigenvalue weighted by atomic mass is 10.2. The van der Waals surface area contributed by atoms with E-state index in [4.69, 9.17) is 9.47 Å². The highest BCUT2D eigenvalue weighted by Crippen LogP contribution is 2.28. The minimum absolute atomic E-state index is 0.182. The van der Waals surface area contributed by atoms with Crippen LogP contribution in [0.15, 0.2) is 46.9 Å². The molecule has 0 spiro atoms. The summed E-state index contributed by atoms with van der Waals surface area (Å²) in [5.41, 5.74) is 1.95. The fourth-order valence-electron chi connectivity index (χ4n) is 2.63. The maximum absolute atomic E-state index is 11.8. The van der Waals surface area contributed by atoms with Crippen LogP contribution in [0.4, 0.5) is 5.69 Å². The number of hydrogen-bond acceptors (Lipinski definition) is 3. The van der Waals surface area contributed by atoms with Gasteiger partial charge in [0.05, 0.1) is 11.6 Å². The molecule has 1 fully saturated rings. The van der Waals surface area contributed by atoms with Crippen LogP contribution >= 0.6 is 15.9 Å². The molecular formula is C18H18BrNO3. The summed E-state index contributed by atoms with van der Waals surface area (Å²) in [6, 6.07) is 13.5. The standard InChI is InChI=1S/C18H18BrNO3/c1-22-17-8-7-13(10-16(17)19)12-23-15-5-2-4-14(11-15)20-9-3-6-18(20)21/h2,4-5,7-8,10-11H,3,6,9,12H2,1H3. The molecule has 0 aromatic heterocycles. The van der Waals surface area contributed by atoms with E-state index < -0.39 is 0 Å². The molecule has 1 heterocycles. The molecule has 0 aliphatic carbocycles. The molecular weight excluding hydrogens is 358 g/mol. The molecule has 4 nitrogen and oxygen atoms in total. The molecule has 2 aromatic carbocycles. The highest BCUT2D eigenvalue weighted by Gasteiger charge is 2.21.